The third-order valence-corrected chi connectivity index (χ3v) is 10.6. The van der Waals surface area contributed by atoms with Crippen molar-refractivity contribution < 1.29 is 33.4 Å². The Balaban J connectivity index is 0.000000242. The van der Waals surface area contributed by atoms with E-state index in [1.54, 1.807) is 6.92 Å². The minimum Gasteiger partial charge on any atom is -0.463 e. The Morgan fingerprint density at radius 2 is 1.33 bits per heavy atom. The van der Waals surface area contributed by atoms with Gasteiger partial charge in [-0.15, -0.1) is 0 Å². The first-order valence-electron chi connectivity index (χ1n) is 16.4. The fourth-order valence-corrected chi connectivity index (χ4v) is 8.64. The summed E-state index contributed by atoms with van der Waals surface area (Å²) in [6.45, 7) is 14.1. The van der Waals surface area contributed by atoms with Crippen molar-refractivity contribution in [1.82, 2.24) is 0 Å². The topological polar surface area (TPSA) is 96.0 Å². The molecule has 0 amide bonds. The van der Waals surface area contributed by atoms with Gasteiger partial charge < -0.3 is 19.0 Å². The van der Waals surface area contributed by atoms with Crippen LogP contribution in [0.5, 0.6) is 0 Å². The number of esters is 3. The van der Waals surface area contributed by atoms with Crippen LogP contribution >= 0.6 is 0 Å². The van der Waals surface area contributed by atoms with E-state index in [0.29, 0.717) is 36.7 Å². The quantitative estimate of drug-likeness (QED) is 0.0846. The van der Waals surface area contributed by atoms with E-state index in [9.17, 15) is 19.2 Å². The molecule has 43 heavy (non-hydrogen) atoms. The maximum Gasteiger partial charge on any atom is 0.330 e. The van der Waals surface area contributed by atoms with Crippen LogP contribution in [0.2, 0.25) is 0 Å². The molecule has 0 aliphatic heterocycles. The highest BCUT2D eigenvalue weighted by Crippen LogP contribution is 2.56. The lowest BCUT2D eigenvalue weighted by atomic mass is 9.63. The Bertz CT molecular complexity index is 1100. The molecule has 7 nitrogen and oxygen atoms in total. The summed E-state index contributed by atoms with van der Waals surface area (Å²) in [5.74, 6) is 0.842. The molecule has 4 aliphatic carbocycles. The molecule has 0 aromatic rings. The number of fused-ring (bicyclic) bond motifs is 2. The van der Waals surface area contributed by atoms with Gasteiger partial charge in [0.1, 0.15) is 18.5 Å². The molecule has 0 N–H and O–H groups in total. The summed E-state index contributed by atoms with van der Waals surface area (Å²) in [4.78, 5) is 44.8. The highest BCUT2D eigenvalue weighted by molar-refractivity contribution is 5.81. The number of hydrogen-bond acceptors (Lipinski definition) is 7. The fraction of sp³-hybridized carbons (Fsp3) is 0.722. The van der Waals surface area contributed by atoms with Gasteiger partial charge in [0.2, 0.25) is 0 Å². The van der Waals surface area contributed by atoms with Gasteiger partial charge in [-0.2, -0.15) is 0 Å². The van der Waals surface area contributed by atoms with Crippen molar-refractivity contribution in [2.45, 2.75) is 125 Å². The molecule has 0 radical (unpaired) electrons. The molecule has 7 heteroatoms. The molecule has 0 spiro atoms. The molecule has 2 unspecified atom stereocenters. The van der Waals surface area contributed by atoms with E-state index in [0.717, 1.165) is 64.1 Å². The maximum atomic E-state index is 11.4. The molecule has 0 saturated heterocycles. The van der Waals surface area contributed by atoms with Gasteiger partial charge in [-0.1, -0.05) is 57.1 Å². The lowest BCUT2D eigenvalue weighted by Gasteiger charge is -2.44. The van der Waals surface area contributed by atoms with Crippen LogP contribution in [0.3, 0.4) is 0 Å². The monoisotopic (exact) mass is 598 g/mol. The summed E-state index contributed by atoms with van der Waals surface area (Å²) in [7, 11) is 0. The van der Waals surface area contributed by atoms with E-state index in [4.69, 9.17) is 14.2 Å². The zero-order valence-corrected chi connectivity index (χ0v) is 27.5. The molecule has 8 atom stereocenters. The van der Waals surface area contributed by atoms with E-state index in [1.165, 1.54) is 31.1 Å². The van der Waals surface area contributed by atoms with Crippen LogP contribution in [-0.4, -0.2) is 43.0 Å². The number of ether oxygens (including phenoxy) is 3. The van der Waals surface area contributed by atoms with Crippen LogP contribution in [0.25, 0.3) is 0 Å². The van der Waals surface area contributed by atoms with Crippen LogP contribution in [0.4, 0.5) is 0 Å². The van der Waals surface area contributed by atoms with E-state index in [2.05, 4.69) is 39.8 Å². The average molecular weight is 599 g/mol. The first kappa shape index (κ1) is 34.8. The van der Waals surface area contributed by atoms with Crippen molar-refractivity contribution in [3.8, 4) is 0 Å². The molecule has 0 aromatic carbocycles. The second-order valence-corrected chi connectivity index (χ2v) is 13.5. The average Bonchev–Trinajstić information content (AvgIpc) is 3.47. The SMILES string of the molecule is CC(=O)O[C@H]1CCC[C@]2(C)C([C@@H](C)CC=O)=CCC12.CCOC(=O)/C=C/C[C@H](C)C1=CCC2[C@@H](OC(C)=O)CCC[C@]12C. The smallest absolute Gasteiger partial charge is 0.330 e. The molecular formula is C36H54O7. The Kier molecular flexibility index (Phi) is 12.4. The lowest BCUT2D eigenvalue weighted by Crippen LogP contribution is -2.41. The van der Waals surface area contributed by atoms with Gasteiger partial charge >= 0.3 is 17.9 Å². The Hall–Kier alpha value is -2.70. The van der Waals surface area contributed by atoms with Gasteiger partial charge in [0.05, 0.1) is 6.61 Å². The molecule has 0 aromatic heterocycles. The number of aldehydes is 1. The van der Waals surface area contributed by atoms with E-state index < -0.39 is 0 Å². The predicted octanol–water partition coefficient (Wildman–Crippen LogP) is 7.48. The van der Waals surface area contributed by atoms with Crippen LogP contribution < -0.4 is 0 Å². The zero-order chi connectivity index (χ0) is 31.8. The summed E-state index contributed by atoms with van der Waals surface area (Å²) in [6.07, 6.45) is 19.0. The molecule has 4 rings (SSSR count). The van der Waals surface area contributed by atoms with Crippen LogP contribution in [0.15, 0.2) is 35.5 Å². The minimum atomic E-state index is -0.276. The summed E-state index contributed by atoms with van der Waals surface area (Å²) in [5, 5.41) is 0. The summed E-state index contributed by atoms with van der Waals surface area (Å²) in [5.41, 5.74) is 3.08. The number of carbonyl (C=O) groups is 4. The molecule has 0 heterocycles. The second kappa shape index (κ2) is 15.3. The molecule has 2 fully saturated rings. The standard InChI is InChI=1S/C20H30O4.C16H24O3/c1-5-23-19(22)10-6-8-14(2)16-11-12-17-18(24-15(3)21)9-7-13-20(16,17)4;1-11(8-10-17)13-6-7-14-15(19-12(2)18)5-4-9-16(13,14)3/h6,10-11,14,17-18H,5,7-9,12-13H2,1-4H3;6,10-11,14-15H,4-5,7-9H2,1-3H3/b10-6+;/t14-,17?,18-,20+;11-,14?,15-,16+/m00/s1. The van der Waals surface area contributed by atoms with Gasteiger partial charge in [-0.3, -0.25) is 9.59 Å². The zero-order valence-electron chi connectivity index (χ0n) is 27.5. The molecular weight excluding hydrogens is 544 g/mol. The third kappa shape index (κ3) is 8.27. The molecule has 2 saturated carbocycles. The summed E-state index contributed by atoms with van der Waals surface area (Å²) < 4.78 is 16.0. The molecule has 0 bridgehead atoms. The van der Waals surface area contributed by atoms with Gasteiger partial charge in [-0.25, -0.2) is 4.79 Å². The lowest BCUT2D eigenvalue weighted by molar-refractivity contribution is -0.154. The number of allylic oxidation sites excluding steroid dienone is 5. The van der Waals surface area contributed by atoms with Crippen molar-refractivity contribution in [2.75, 3.05) is 6.61 Å². The largest absolute Gasteiger partial charge is 0.463 e. The van der Waals surface area contributed by atoms with Gasteiger partial charge in [0.15, 0.2) is 0 Å². The van der Waals surface area contributed by atoms with Crippen molar-refractivity contribution >= 4 is 24.2 Å². The van der Waals surface area contributed by atoms with Crippen molar-refractivity contribution in [2.24, 2.45) is 34.5 Å². The fourth-order valence-electron chi connectivity index (χ4n) is 8.64. The highest BCUT2D eigenvalue weighted by Gasteiger charge is 2.50. The Labute approximate surface area is 258 Å². The number of rotatable bonds is 10. The third-order valence-electron chi connectivity index (χ3n) is 10.6. The second-order valence-electron chi connectivity index (χ2n) is 13.5. The normalized spacial score (nSPS) is 32.6. The first-order valence-corrected chi connectivity index (χ1v) is 16.4. The van der Waals surface area contributed by atoms with Crippen molar-refractivity contribution in [3.05, 3.63) is 35.5 Å². The van der Waals surface area contributed by atoms with Crippen molar-refractivity contribution in [3.63, 3.8) is 0 Å². The van der Waals surface area contributed by atoms with Gasteiger partial charge in [0.25, 0.3) is 0 Å². The molecule has 240 valence electrons. The highest BCUT2D eigenvalue weighted by atomic mass is 16.5. The van der Waals surface area contributed by atoms with Crippen molar-refractivity contribution in [1.29, 1.82) is 0 Å². The number of hydrogen-bond donors (Lipinski definition) is 0. The van der Waals surface area contributed by atoms with Crippen LogP contribution in [0, 0.1) is 34.5 Å². The summed E-state index contributed by atoms with van der Waals surface area (Å²) in [6, 6.07) is 0. The van der Waals surface area contributed by atoms with Gasteiger partial charge in [0, 0.05) is 38.2 Å². The Morgan fingerprint density at radius 3 is 1.74 bits per heavy atom. The predicted molar refractivity (Wildman–Crippen MR) is 167 cm³/mol. The van der Waals surface area contributed by atoms with Crippen LogP contribution in [-0.2, 0) is 33.4 Å². The number of carbonyl (C=O) groups excluding carboxylic acids is 4. The Morgan fingerprint density at radius 1 is 0.860 bits per heavy atom. The maximum absolute atomic E-state index is 11.4. The summed E-state index contributed by atoms with van der Waals surface area (Å²) >= 11 is 0. The van der Waals surface area contributed by atoms with E-state index in [1.807, 2.05) is 6.08 Å². The van der Waals surface area contributed by atoms with Gasteiger partial charge in [-0.05, 0) is 87.4 Å². The minimum absolute atomic E-state index is 0.0391. The van der Waals surface area contributed by atoms with E-state index >= 15 is 0 Å². The molecule has 4 aliphatic rings. The van der Waals surface area contributed by atoms with E-state index in [-0.39, 0.29) is 40.9 Å². The van der Waals surface area contributed by atoms with Crippen LogP contribution in [0.1, 0.15) is 113 Å². The first-order chi connectivity index (χ1) is 20.4.